The molecule has 0 aromatic heterocycles. The fourth-order valence-electron chi connectivity index (χ4n) is 3.62. The number of amides is 1. The molecule has 3 aromatic rings. The Bertz CT molecular complexity index is 1330. The molecule has 0 saturated carbocycles. The predicted octanol–water partition coefficient (Wildman–Crippen LogP) is 5.47. The molecule has 0 N–H and O–H groups in total. The Balaban J connectivity index is 1.30. The van der Waals surface area contributed by atoms with Gasteiger partial charge in [-0.1, -0.05) is 29.3 Å². The van der Waals surface area contributed by atoms with Gasteiger partial charge in [0.2, 0.25) is 5.91 Å². The first-order valence-corrected chi connectivity index (χ1v) is 11.4. The first-order chi connectivity index (χ1) is 17.2. The molecular weight excluding hydrogens is 511 g/mol. The minimum atomic E-state index is -0.738. The van der Waals surface area contributed by atoms with Crippen LogP contribution in [0.4, 0.5) is 11.4 Å². The normalized spacial score (nSPS) is 15.0. The maximum atomic E-state index is 12.5. The van der Waals surface area contributed by atoms with Crippen LogP contribution in [0.1, 0.15) is 16.8 Å². The zero-order valence-electron chi connectivity index (χ0n) is 18.6. The zero-order chi connectivity index (χ0) is 25.8. The van der Waals surface area contributed by atoms with E-state index in [0.717, 1.165) is 0 Å². The SMILES string of the molecule is O=C(COC(=O)[C@@H]1CC(=O)N(c2cccc(Cl)c2Cl)C1)c1ccc(Oc2ccc([N+](=O)[O-])cc2)cc1. The van der Waals surface area contributed by atoms with Crippen molar-refractivity contribution in [2.24, 2.45) is 5.92 Å². The van der Waals surface area contributed by atoms with Gasteiger partial charge in [-0.25, -0.2) is 0 Å². The molecule has 1 fully saturated rings. The van der Waals surface area contributed by atoms with Crippen LogP contribution in [0, 0.1) is 16.0 Å². The molecule has 36 heavy (non-hydrogen) atoms. The van der Waals surface area contributed by atoms with Crippen molar-refractivity contribution in [3.8, 4) is 11.5 Å². The van der Waals surface area contributed by atoms with Crippen molar-refractivity contribution in [1.82, 2.24) is 0 Å². The second-order valence-electron chi connectivity index (χ2n) is 7.89. The van der Waals surface area contributed by atoms with Crippen molar-refractivity contribution in [3.05, 3.63) is 92.5 Å². The molecule has 0 radical (unpaired) electrons. The van der Waals surface area contributed by atoms with Crippen molar-refractivity contribution >= 4 is 52.2 Å². The molecule has 11 heteroatoms. The van der Waals surface area contributed by atoms with Gasteiger partial charge in [-0.05, 0) is 48.5 Å². The number of hydrogen-bond donors (Lipinski definition) is 0. The van der Waals surface area contributed by atoms with Crippen LogP contribution < -0.4 is 9.64 Å². The number of esters is 1. The third-order valence-electron chi connectivity index (χ3n) is 5.49. The maximum absolute atomic E-state index is 12.5. The molecule has 1 atom stereocenters. The highest BCUT2D eigenvalue weighted by Gasteiger charge is 2.37. The van der Waals surface area contributed by atoms with Gasteiger partial charge < -0.3 is 14.4 Å². The van der Waals surface area contributed by atoms with E-state index in [2.05, 4.69) is 0 Å². The Labute approximate surface area is 215 Å². The number of Topliss-reactive ketones (excluding diaryl/α,β-unsaturated/α-hetero) is 1. The number of ketones is 1. The summed E-state index contributed by atoms with van der Waals surface area (Å²) < 4.78 is 10.8. The van der Waals surface area contributed by atoms with Crippen LogP contribution in [0.2, 0.25) is 10.0 Å². The van der Waals surface area contributed by atoms with Crippen LogP contribution >= 0.6 is 23.2 Å². The second kappa shape index (κ2) is 10.8. The van der Waals surface area contributed by atoms with Gasteiger partial charge in [0.15, 0.2) is 12.4 Å². The predicted molar refractivity (Wildman–Crippen MR) is 132 cm³/mol. The summed E-state index contributed by atoms with van der Waals surface area (Å²) in [5, 5.41) is 11.2. The molecule has 1 heterocycles. The highest BCUT2D eigenvalue weighted by Crippen LogP contribution is 2.36. The molecule has 4 rings (SSSR count). The topological polar surface area (TPSA) is 116 Å². The van der Waals surface area contributed by atoms with E-state index in [-0.39, 0.29) is 29.6 Å². The van der Waals surface area contributed by atoms with Gasteiger partial charge in [0.25, 0.3) is 5.69 Å². The summed E-state index contributed by atoms with van der Waals surface area (Å²) in [6.07, 6.45) is -0.0649. The van der Waals surface area contributed by atoms with Crippen LogP contribution in [0.25, 0.3) is 0 Å². The molecule has 0 bridgehead atoms. The number of carbonyl (C=O) groups is 3. The van der Waals surface area contributed by atoms with Gasteiger partial charge in [-0.2, -0.15) is 0 Å². The number of halogens is 2. The van der Waals surface area contributed by atoms with Crippen molar-refractivity contribution in [3.63, 3.8) is 0 Å². The molecule has 1 amide bonds. The molecule has 1 saturated heterocycles. The monoisotopic (exact) mass is 528 g/mol. The molecule has 9 nitrogen and oxygen atoms in total. The van der Waals surface area contributed by atoms with Crippen LogP contribution in [-0.2, 0) is 14.3 Å². The third-order valence-corrected chi connectivity index (χ3v) is 6.29. The first kappa shape index (κ1) is 25.2. The standard InChI is InChI=1S/C25H18Cl2N2O7/c26-20-2-1-3-21(24(20)27)28-13-16(12-23(28)31)25(32)35-14-22(30)15-4-8-18(9-5-15)36-19-10-6-17(7-11-19)29(33)34/h1-11,16H,12-14H2/t16-/m1/s1. The summed E-state index contributed by atoms with van der Waals surface area (Å²) in [5.41, 5.74) is 0.658. The molecular formula is C25H18Cl2N2O7. The first-order valence-electron chi connectivity index (χ1n) is 10.7. The number of ether oxygens (including phenoxy) is 2. The summed E-state index contributed by atoms with van der Waals surface area (Å²) in [4.78, 5) is 49.0. The molecule has 0 aliphatic carbocycles. The number of nitro groups is 1. The summed E-state index contributed by atoms with van der Waals surface area (Å²) >= 11 is 12.2. The molecule has 0 spiro atoms. The molecule has 3 aromatic carbocycles. The number of anilines is 1. The smallest absolute Gasteiger partial charge is 0.311 e. The van der Waals surface area contributed by atoms with E-state index in [4.69, 9.17) is 32.7 Å². The highest BCUT2D eigenvalue weighted by atomic mass is 35.5. The summed E-state index contributed by atoms with van der Waals surface area (Å²) in [6.45, 7) is -0.412. The lowest BCUT2D eigenvalue weighted by molar-refractivity contribution is -0.384. The minimum absolute atomic E-state index is 0.0548. The molecule has 1 aliphatic heterocycles. The van der Waals surface area contributed by atoms with E-state index in [1.54, 1.807) is 30.3 Å². The number of non-ortho nitro benzene ring substituents is 1. The number of nitro benzene ring substituents is 1. The Hall–Kier alpha value is -3.95. The maximum Gasteiger partial charge on any atom is 0.311 e. The number of carbonyl (C=O) groups excluding carboxylic acids is 3. The minimum Gasteiger partial charge on any atom is -0.457 e. The van der Waals surface area contributed by atoms with E-state index < -0.39 is 29.2 Å². The van der Waals surface area contributed by atoms with Gasteiger partial charge in [0, 0.05) is 30.7 Å². The Morgan fingerprint density at radius 1 is 1.00 bits per heavy atom. The van der Waals surface area contributed by atoms with Gasteiger partial charge in [0.05, 0.1) is 26.6 Å². The van der Waals surface area contributed by atoms with Gasteiger partial charge >= 0.3 is 5.97 Å². The van der Waals surface area contributed by atoms with E-state index in [9.17, 15) is 24.5 Å². The average Bonchev–Trinajstić information content (AvgIpc) is 3.26. The molecule has 1 aliphatic rings. The lowest BCUT2D eigenvalue weighted by Gasteiger charge is -2.18. The lowest BCUT2D eigenvalue weighted by Crippen LogP contribution is -2.27. The fraction of sp³-hybridized carbons (Fsp3) is 0.160. The van der Waals surface area contributed by atoms with E-state index in [1.165, 1.54) is 41.3 Å². The number of benzene rings is 3. The Morgan fingerprint density at radius 2 is 1.64 bits per heavy atom. The highest BCUT2D eigenvalue weighted by molar-refractivity contribution is 6.44. The van der Waals surface area contributed by atoms with Gasteiger partial charge in [-0.3, -0.25) is 24.5 Å². The fourth-order valence-corrected chi connectivity index (χ4v) is 4.02. The number of rotatable bonds is 8. The van der Waals surface area contributed by atoms with Crippen molar-refractivity contribution in [2.75, 3.05) is 18.1 Å². The van der Waals surface area contributed by atoms with E-state index in [1.807, 2.05) is 0 Å². The van der Waals surface area contributed by atoms with Crippen LogP contribution in [0.15, 0.2) is 66.7 Å². The largest absolute Gasteiger partial charge is 0.457 e. The molecule has 0 unspecified atom stereocenters. The van der Waals surface area contributed by atoms with Crippen LogP contribution in [-0.4, -0.2) is 35.7 Å². The summed E-state index contributed by atoms with van der Waals surface area (Å²) in [5.74, 6) is -1.30. The Kier molecular flexibility index (Phi) is 7.52. The third kappa shape index (κ3) is 5.64. The van der Waals surface area contributed by atoms with Gasteiger partial charge in [-0.15, -0.1) is 0 Å². The van der Waals surface area contributed by atoms with Crippen molar-refractivity contribution in [2.45, 2.75) is 6.42 Å². The van der Waals surface area contributed by atoms with E-state index in [0.29, 0.717) is 27.8 Å². The molecule has 184 valence electrons. The van der Waals surface area contributed by atoms with E-state index >= 15 is 0 Å². The summed E-state index contributed by atoms with van der Waals surface area (Å²) in [7, 11) is 0. The number of nitrogens with zero attached hydrogens (tertiary/aromatic N) is 2. The second-order valence-corrected chi connectivity index (χ2v) is 8.67. The zero-order valence-corrected chi connectivity index (χ0v) is 20.1. The number of hydrogen-bond acceptors (Lipinski definition) is 7. The van der Waals surface area contributed by atoms with Crippen LogP contribution in [0.5, 0.6) is 11.5 Å². The van der Waals surface area contributed by atoms with Gasteiger partial charge in [0.1, 0.15) is 11.5 Å². The quantitative estimate of drug-likeness (QED) is 0.164. The Morgan fingerprint density at radius 3 is 2.28 bits per heavy atom. The average molecular weight is 529 g/mol. The van der Waals surface area contributed by atoms with Crippen molar-refractivity contribution in [1.29, 1.82) is 0 Å². The lowest BCUT2D eigenvalue weighted by atomic mass is 10.1. The van der Waals surface area contributed by atoms with Crippen LogP contribution in [0.3, 0.4) is 0 Å². The summed E-state index contributed by atoms with van der Waals surface area (Å²) in [6, 6.07) is 16.6. The van der Waals surface area contributed by atoms with Crippen molar-refractivity contribution < 1.29 is 28.8 Å².